The Morgan fingerprint density at radius 3 is 3.00 bits per heavy atom. The van der Waals surface area contributed by atoms with Crippen molar-refractivity contribution in [2.75, 3.05) is 6.79 Å². The third-order valence-electron chi connectivity index (χ3n) is 1.64. The van der Waals surface area contributed by atoms with Gasteiger partial charge in [-0.15, -0.1) is 0 Å². The molecule has 0 amide bonds. The van der Waals surface area contributed by atoms with Gasteiger partial charge in [-0.1, -0.05) is 11.6 Å². The van der Waals surface area contributed by atoms with Crippen LogP contribution in [0.2, 0.25) is 5.02 Å². The van der Waals surface area contributed by atoms with Gasteiger partial charge in [-0.2, -0.15) is 0 Å². The Hall–Kier alpha value is -1.22. The summed E-state index contributed by atoms with van der Waals surface area (Å²) >= 11 is 5.82. The van der Waals surface area contributed by atoms with Crippen LogP contribution in [0, 0.1) is 0 Å². The first-order valence-corrected chi connectivity index (χ1v) is 3.74. The molecule has 0 spiro atoms. The van der Waals surface area contributed by atoms with Crippen molar-refractivity contribution in [3.63, 3.8) is 0 Å². The monoisotopic (exact) mass is 184 g/mol. The fraction of sp³-hybridized carbons (Fsp3) is 0.125. The quantitative estimate of drug-likeness (QED) is 0.626. The molecule has 12 heavy (non-hydrogen) atoms. The summed E-state index contributed by atoms with van der Waals surface area (Å²) in [6.45, 7) is 0.164. The lowest BCUT2D eigenvalue weighted by atomic mass is 10.2. The number of halogens is 1. The molecule has 4 heteroatoms. The standard InChI is InChI=1S/C8H5ClO3/c9-7-5(3-10)1-2-6-8(7)12-4-11-6/h1-3H,4H2. The maximum absolute atomic E-state index is 10.4. The second kappa shape index (κ2) is 2.68. The predicted molar refractivity (Wildman–Crippen MR) is 43.0 cm³/mol. The van der Waals surface area contributed by atoms with Gasteiger partial charge in [0.05, 0.1) is 5.02 Å². The highest BCUT2D eigenvalue weighted by Crippen LogP contribution is 2.40. The highest BCUT2D eigenvalue weighted by Gasteiger charge is 2.18. The Morgan fingerprint density at radius 1 is 1.42 bits per heavy atom. The van der Waals surface area contributed by atoms with Gasteiger partial charge >= 0.3 is 0 Å². The number of hydrogen-bond donors (Lipinski definition) is 0. The van der Waals surface area contributed by atoms with Gasteiger partial charge in [0.25, 0.3) is 0 Å². The highest BCUT2D eigenvalue weighted by atomic mass is 35.5. The first-order chi connectivity index (χ1) is 5.83. The van der Waals surface area contributed by atoms with Crippen molar-refractivity contribution in [1.82, 2.24) is 0 Å². The Balaban J connectivity index is 2.61. The van der Waals surface area contributed by atoms with Crippen LogP contribution in [0.25, 0.3) is 0 Å². The van der Waals surface area contributed by atoms with E-state index >= 15 is 0 Å². The van der Waals surface area contributed by atoms with E-state index in [2.05, 4.69) is 0 Å². The number of carbonyl (C=O) groups excluding carboxylic acids is 1. The van der Waals surface area contributed by atoms with Gasteiger partial charge in [-0.25, -0.2) is 0 Å². The van der Waals surface area contributed by atoms with Gasteiger partial charge in [0, 0.05) is 5.56 Å². The lowest BCUT2D eigenvalue weighted by Crippen LogP contribution is -1.93. The fourth-order valence-corrected chi connectivity index (χ4v) is 1.30. The number of carbonyl (C=O) groups is 1. The summed E-state index contributed by atoms with van der Waals surface area (Å²) in [5.74, 6) is 1.05. The Morgan fingerprint density at radius 2 is 2.25 bits per heavy atom. The molecule has 1 aliphatic rings. The zero-order valence-corrected chi connectivity index (χ0v) is 6.80. The molecule has 0 bridgehead atoms. The van der Waals surface area contributed by atoms with Crippen LogP contribution in [-0.2, 0) is 0 Å². The Labute approximate surface area is 73.8 Å². The molecule has 1 aromatic rings. The summed E-state index contributed by atoms with van der Waals surface area (Å²) in [5, 5.41) is 0.319. The van der Waals surface area contributed by atoms with Crippen molar-refractivity contribution in [1.29, 1.82) is 0 Å². The second-order valence-corrected chi connectivity index (χ2v) is 2.70. The molecule has 0 fully saturated rings. The molecule has 0 saturated carbocycles. The highest BCUT2D eigenvalue weighted by molar-refractivity contribution is 6.34. The molecule has 2 rings (SSSR count). The minimum atomic E-state index is 0.164. The van der Waals surface area contributed by atoms with Gasteiger partial charge in [0.15, 0.2) is 17.8 Å². The third kappa shape index (κ3) is 0.940. The summed E-state index contributed by atoms with van der Waals surface area (Å²) in [4.78, 5) is 10.4. The molecule has 0 saturated heterocycles. The number of fused-ring (bicyclic) bond motifs is 1. The molecule has 1 aromatic carbocycles. The van der Waals surface area contributed by atoms with Gasteiger partial charge < -0.3 is 9.47 Å². The molecule has 1 aliphatic heterocycles. The molecule has 1 heterocycles. The average molecular weight is 185 g/mol. The van der Waals surface area contributed by atoms with Crippen LogP contribution >= 0.6 is 11.6 Å². The van der Waals surface area contributed by atoms with Crippen LogP contribution in [-0.4, -0.2) is 13.1 Å². The molecule has 0 radical (unpaired) electrons. The molecule has 0 aliphatic carbocycles. The average Bonchev–Trinajstić information content (AvgIpc) is 2.53. The van der Waals surface area contributed by atoms with Crippen molar-refractivity contribution in [2.45, 2.75) is 0 Å². The molecule has 62 valence electrons. The van der Waals surface area contributed by atoms with Crippen LogP contribution in [0.1, 0.15) is 10.4 Å². The first-order valence-electron chi connectivity index (χ1n) is 3.36. The summed E-state index contributed by atoms with van der Waals surface area (Å²) < 4.78 is 10.1. The normalized spacial score (nSPS) is 13.1. The van der Waals surface area contributed by atoms with E-state index in [0.717, 1.165) is 0 Å². The number of aldehydes is 1. The van der Waals surface area contributed by atoms with E-state index in [1.807, 2.05) is 0 Å². The van der Waals surface area contributed by atoms with Crippen molar-refractivity contribution in [2.24, 2.45) is 0 Å². The Kier molecular flexibility index (Phi) is 1.66. The number of rotatable bonds is 1. The van der Waals surface area contributed by atoms with Gasteiger partial charge in [-0.3, -0.25) is 4.79 Å². The van der Waals surface area contributed by atoms with E-state index in [1.165, 1.54) is 0 Å². The smallest absolute Gasteiger partial charge is 0.231 e. The molecule has 0 atom stereocenters. The number of hydrogen-bond acceptors (Lipinski definition) is 3. The summed E-state index contributed by atoms with van der Waals surface area (Å²) in [5.41, 5.74) is 0.418. The minimum absolute atomic E-state index is 0.164. The van der Waals surface area contributed by atoms with Crippen LogP contribution in [0.5, 0.6) is 11.5 Å². The third-order valence-corrected chi connectivity index (χ3v) is 2.03. The molecular weight excluding hydrogens is 180 g/mol. The molecule has 0 aromatic heterocycles. The van der Waals surface area contributed by atoms with E-state index in [0.29, 0.717) is 28.4 Å². The van der Waals surface area contributed by atoms with E-state index in [1.54, 1.807) is 12.1 Å². The van der Waals surface area contributed by atoms with Crippen LogP contribution in [0.3, 0.4) is 0 Å². The maximum atomic E-state index is 10.4. The van der Waals surface area contributed by atoms with Crippen LogP contribution < -0.4 is 9.47 Å². The molecular formula is C8H5ClO3. The number of ether oxygens (including phenoxy) is 2. The van der Waals surface area contributed by atoms with Crippen LogP contribution in [0.15, 0.2) is 12.1 Å². The van der Waals surface area contributed by atoms with Gasteiger partial charge in [0.1, 0.15) is 0 Å². The Bertz CT molecular complexity index is 335. The zero-order valence-electron chi connectivity index (χ0n) is 6.04. The van der Waals surface area contributed by atoms with E-state index in [4.69, 9.17) is 21.1 Å². The van der Waals surface area contributed by atoms with Crippen molar-refractivity contribution < 1.29 is 14.3 Å². The molecule has 3 nitrogen and oxygen atoms in total. The van der Waals surface area contributed by atoms with Crippen molar-refractivity contribution in [3.05, 3.63) is 22.7 Å². The zero-order chi connectivity index (χ0) is 8.55. The minimum Gasteiger partial charge on any atom is -0.454 e. The van der Waals surface area contributed by atoms with E-state index in [-0.39, 0.29) is 6.79 Å². The lowest BCUT2D eigenvalue weighted by molar-refractivity contribution is 0.112. The summed E-state index contributed by atoms with van der Waals surface area (Å²) in [7, 11) is 0. The predicted octanol–water partition coefficient (Wildman–Crippen LogP) is 1.88. The van der Waals surface area contributed by atoms with Gasteiger partial charge in [-0.05, 0) is 12.1 Å². The maximum Gasteiger partial charge on any atom is 0.231 e. The summed E-state index contributed by atoms with van der Waals surface area (Å²) in [6, 6.07) is 3.26. The van der Waals surface area contributed by atoms with Gasteiger partial charge in [0.2, 0.25) is 6.79 Å². The van der Waals surface area contributed by atoms with Crippen LogP contribution in [0.4, 0.5) is 0 Å². The first kappa shape index (κ1) is 7.43. The lowest BCUT2D eigenvalue weighted by Gasteiger charge is -1.99. The molecule has 0 N–H and O–H groups in total. The largest absolute Gasteiger partial charge is 0.454 e. The van der Waals surface area contributed by atoms with Crippen molar-refractivity contribution in [3.8, 4) is 11.5 Å². The molecule has 0 unspecified atom stereocenters. The van der Waals surface area contributed by atoms with E-state index in [9.17, 15) is 4.79 Å². The topological polar surface area (TPSA) is 35.5 Å². The van der Waals surface area contributed by atoms with E-state index < -0.39 is 0 Å². The number of benzene rings is 1. The SMILES string of the molecule is O=Cc1ccc2c(c1Cl)OCO2. The summed E-state index contributed by atoms with van der Waals surface area (Å²) in [6.07, 6.45) is 0.685. The van der Waals surface area contributed by atoms with Crippen molar-refractivity contribution >= 4 is 17.9 Å². The second-order valence-electron chi connectivity index (χ2n) is 2.32. The fourth-order valence-electron chi connectivity index (χ4n) is 1.04.